The van der Waals surface area contributed by atoms with Gasteiger partial charge in [0.1, 0.15) is 6.10 Å². The smallest absolute Gasteiger partial charge is 0.330 e. The molecule has 0 saturated carbocycles. The molecule has 1 saturated heterocycles. The third-order valence-electron chi connectivity index (χ3n) is 3.92. The number of hydrogen-bond donors (Lipinski definition) is 3. The zero-order valence-corrected chi connectivity index (χ0v) is 15.0. The lowest BCUT2D eigenvalue weighted by Gasteiger charge is -2.30. The van der Waals surface area contributed by atoms with Crippen LogP contribution in [-0.4, -0.2) is 38.6 Å². The molecule has 7 nitrogen and oxygen atoms in total. The normalized spacial score (nSPS) is 25.8. The van der Waals surface area contributed by atoms with Gasteiger partial charge in [0.05, 0.1) is 23.2 Å². The lowest BCUT2D eigenvalue weighted by Crippen LogP contribution is -2.46. The van der Waals surface area contributed by atoms with Crippen molar-refractivity contribution in [3.63, 3.8) is 0 Å². The van der Waals surface area contributed by atoms with E-state index in [0.29, 0.717) is 4.34 Å². The Labute approximate surface area is 156 Å². The summed E-state index contributed by atoms with van der Waals surface area (Å²) in [6, 6.07) is 3.39. The van der Waals surface area contributed by atoms with Crippen molar-refractivity contribution in [3.05, 3.63) is 54.2 Å². The van der Waals surface area contributed by atoms with Crippen LogP contribution >= 0.6 is 35.3 Å². The number of thiophene rings is 1. The molecule has 3 atom stereocenters. The van der Waals surface area contributed by atoms with Gasteiger partial charge in [-0.15, -0.1) is 23.7 Å². The van der Waals surface area contributed by atoms with E-state index in [4.69, 9.17) is 16.3 Å². The molecule has 1 fully saturated rings. The third kappa shape index (κ3) is 3.81. The van der Waals surface area contributed by atoms with Gasteiger partial charge in [0, 0.05) is 17.7 Å². The molecule has 0 aromatic carbocycles. The van der Waals surface area contributed by atoms with Gasteiger partial charge in [-0.05, 0) is 12.1 Å². The van der Waals surface area contributed by atoms with Crippen molar-refractivity contribution in [1.82, 2.24) is 9.55 Å². The standard InChI is InChI=1S/C14H14ClFN2O5S.ClH/c15-11-2-1-7(24-11)3-14(4-9(20)10(6-19)23-14)18-5-8(16)12(21)17-13(18)22;/h1-2,5,9-10,19-20H,3-4,6H2,(H,17,21,22);1H/t9-,10+,14+;/m0./s1. The minimum atomic E-state index is -1.44. The number of aliphatic hydroxyl groups excluding tert-OH is 2. The molecule has 0 aliphatic carbocycles. The number of H-pyrrole nitrogens is 1. The van der Waals surface area contributed by atoms with Gasteiger partial charge in [-0.2, -0.15) is 4.39 Å². The van der Waals surface area contributed by atoms with Crippen LogP contribution in [0.5, 0.6) is 0 Å². The maximum Gasteiger partial charge on any atom is 0.330 e. The fourth-order valence-electron chi connectivity index (χ4n) is 2.85. The number of aliphatic hydroxyl groups is 2. The molecule has 0 amide bonds. The van der Waals surface area contributed by atoms with Crippen molar-refractivity contribution < 1.29 is 19.3 Å². The van der Waals surface area contributed by atoms with Gasteiger partial charge in [-0.1, -0.05) is 11.6 Å². The van der Waals surface area contributed by atoms with Crippen molar-refractivity contribution in [3.8, 4) is 0 Å². The summed E-state index contributed by atoms with van der Waals surface area (Å²) in [5.41, 5.74) is -3.44. The largest absolute Gasteiger partial charge is 0.394 e. The predicted octanol–water partition coefficient (Wildman–Crippen LogP) is 0.850. The number of hydrogen-bond acceptors (Lipinski definition) is 6. The molecular formula is C14H15Cl2FN2O5S. The van der Waals surface area contributed by atoms with Crippen LogP contribution in [0.3, 0.4) is 0 Å². The SMILES string of the molecule is Cl.O=c1[nH]c(=O)n([C@@]2(Cc3ccc(Cl)s3)C[C@H](O)[C@@H](CO)O2)cc1F. The number of nitrogens with zero attached hydrogens (tertiary/aromatic N) is 1. The summed E-state index contributed by atoms with van der Waals surface area (Å²) in [4.78, 5) is 26.1. The van der Waals surface area contributed by atoms with Crippen molar-refractivity contribution in [1.29, 1.82) is 0 Å². The summed E-state index contributed by atoms with van der Waals surface area (Å²) < 4.78 is 20.9. The average molecular weight is 413 g/mol. The number of aromatic nitrogens is 2. The molecule has 3 N–H and O–H groups in total. The van der Waals surface area contributed by atoms with Crippen molar-refractivity contribution in [2.45, 2.75) is 30.8 Å². The first-order valence-corrected chi connectivity index (χ1v) is 8.27. The highest BCUT2D eigenvalue weighted by Gasteiger charge is 2.48. The van der Waals surface area contributed by atoms with E-state index in [0.717, 1.165) is 15.6 Å². The molecule has 3 rings (SSSR count). The van der Waals surface area contributed by atoms with Crippen LogP contribution in [0.2, 0.25) is 4.34 Å². The van der Waals surface area contributed by atoms with Gasteiger partial charge >= 0.3 is 5.69 Å². The number of aromatic amines is 1. The second kappa shape index (κ2) is 7.56. The number of nitrogens with one attached hydrogen (secondary N) is 1. The van der Waals surface area contributed by atoms with Crippen LogP contribution in [0, 0.1) is 5.82 Å². The van der Waals surface area contributed by atoms with Crippen molar-refractivity contribution in [2.24, 2.45) is 0 Å². The topological polar surface area (TPSA) is 105 Å². The van der Waals surface area contributed by atoms with E-state index in [2.05, 4.69) is 0 Å². The zero-order chi connectivity index (χ0) is 17.5. The van der Waals surface area contributed by atoms with Crippen molar-refractivity contribution >= 4 is 35.3 Å². The van der Waals surface area contributed by atoms with Crippen LogP contribution < -0.4 is 11.2 Å². The fraction of sp³-hybridized carbons (Fsp3) is 0.429. The summed E-state index contributed by atoms with van der Waals surface area (Å²) in [6.45, 7) is -0.464. The van der Waals surface area contributed by atoms with Gasteiger partial charge < -0.3 is 14.9 Å². The molecule has 138 valence electrons. The molecule has 0 bridgehead atoms. The van der Waals surface area contributed by atoms with Crippen molar-refractivity contribution in [2.75, 3.05) is 6.61 Å². The van der Waals surface area contributed by atoms with E-state index in [-0.39, 0.29) is 25.2 Å². The lowest BCUT2D eigenvalue weighted by molar-refractivity contribution is -0.119. The highest BCUT2D eigenvalue weighted by molar-refractivity contribution is 7.16. The first kappa shape index (κ1) is 20.1. The highest BCUT2D eigenvalue weighted by atomic mass is 35.5. The van der Waals surface area contributed by atoms with E-state index < -0.39 is 41.6 Å². The Kier molecular flexibility index (Phi) is 6.08. The zero-order valence-electron chi connectivity index (χ0n) is 12.6. The molecular weight excluding hydrogens is 398 g/mol. The number of ether oxygens (including phenoxy) is 1. The maximum atomic E-state index is 13.7. The van der Waals surface area contributed by atoms with Gasteiger partial charge in [0.2, 0.25) is 5.82 Å². The van der Waals surface area contributed by atoms with Crippen LogP contribution in [0.15, 0.2) is 27.9 Å². The quantitative estimate of drug-likeness (QED) is 0.690. The Morgan fingerprint density at radius 3 is 2.76 bits per heavy atom. The lowest BCUT2D eigenvalue weighted by atomic mass is 10.0. The Balaban J connectivity index is 0.00000225. The molecule has 2 aromatic rings. The predicted molar refractivity (Wildman–Crippen MR) is 92.1 cm³/mol. The molecule has 3 heterocycles. The highest BCUT2D eigenvalue weighted by Crippen LogP contribution is 2.39. The Morgan fingerprint density at radius 1 is 1.48 bits per heavy atom. The van der Waals surface area contributed by atoms with Gasteiger partial charge in [-0.25, -0.2) is 4.79 Å². The molecule has 0 radical (unpaired) electrons. The minimum Gasteiger partial charge on any atom is -0.394 e. The van der Waals surface area contributed by atoms with Gasteiger partial charge in [0.15, 0.2) is 5.72 Å². The first-order valence-electron chi connectivity index (χ1n) is 7.07. The second-order valence-electron chi connectivity index (χ2n) is 5.55. The average Bonchev–Trinajstić information content (AvgIpc) is 3.06. The summed E-state index contributed by atoms with van der Waals surface area (Å²) in [6.07, 6.45) is -1.17. The number of halogens is 3. The van der Waals surface area contributed by atoms with E-state index in [9.17, 15) is 24.2 Å². The van der Waals surface area contributed by atoms with E-state index in [1.165, 1.54) is 11.3 Å². The minimum absolute atomic E-state index is 0. The third-order valence-corrected chi connectivity index (χ3v) is 5.16. The molecule has 25 heavy (non-hydrogen) atoms. The molecule has 2 aromatic heterocycles. The van der Waals surface area contributed by atoms with Crippen LogP contribution in [0.1, 0.15) is 11.3 Å². The first-order chi connectivity index (χ1) is 11.3. The van der Waals surface area contributed by atoms with Gasteiger partial charge in [-0.3, -0.25) is 14.3 Å². The Bertz CT molecular complexity index is 869. The molecule has 0 spiro atoms. The molecule has 0 unspecified atom stereocenters. The van der Waals surface area contributed by atoms with Crippen LogP contribution in [0.25, 0.3) is 0 Å². The monoisotopic (exact) mass is 412 g/mol. The molecule has 1 aliphatic rings. The van der Waals surface area contributed by atoms with Crippen LogP contribution in [0.4, 0.5) is 4.39 Å². The summed E-state index contributed by atoms with van der Waals surface area (Å²) in [7, 11) is 0. The number of rotatable bonds is 4. The van der Waals surface area contributed by atoms with E-state index >= 15 is 0 Å². The van der Waals surface area contributed by atoms with Crippen LogP contribution in [-0.2, 0) is 16.9 Å². The molecule has 11 heteroatoms. The Morgan fingerprint density at radius 2 is 2.20 bits per heavy atom. The molecule has 1 aliphatic heterocycles. The fourth-order valence-corrected chi connectivity index (χ4v) is 4.03. The van der Waals surface area contributed by atoms with E-state index in [1.54, 1.807) is 12.1 Å². The van der Waals surface area contributed by atoms with E-state index in [1.807, 2.05) is 4.98 Å². The summed E-state index contributed by atoms with van der Waals surface area (Å²) in [5, 5.41) is 19.4. The summed E-state index contributed by atoms with van der Waals surface area (Å²) in [5.74, 6) is -1.15. The van der Waals surface area contributed by atoms with Gasteiger partial charge in [0.25, 0.3) is 5.56 Å². The summed E-state index contributed by atoms with van der Waals surface area (Å²) >= 11 is 7.16. The second-order valence-corrected chi connectivity index (χ2v) is 7.35. The Hall–Kier alpha value is -1.23. The maximum absolute atomic E-state index is 13.7.